The SMILES string of the molecule is CCCCCCCCC/C=C/C(O)C(CO)NC(=O)CCCCCCCCCCCCCCCCCCCCCCC/C=C\CCCCCCCCCC. The van der Waals surface area contributed by atoms with E-state index in [1.54, 1.807) is 6.08 Å². The number of allylic oxidation sites excluding steroid dienone is 3. The van der Waals surface area contributed by atoms with E-state index in [0.29, 0.717) is 6.42 Å². The Balaban J connectivity index is 3.37. The van der Waals surface area contributed by atoms with Crippen LogP contribution in [-0.2, 0) is 4.79 Å². The fourth-order valence-electron chi connectivity index (χ4n) is 7.65. The van der Waals surface area contributed by atoms with Gasteiger partial charge >= 0.3 is 0 Å². The van der Waals surface area contributed by atoms with Crippen molar-refractivity contribution in [1.29, 1.82) is 0 Å². The van der Waals surface area contributed by atoms with E-state index in [1.807, 2.05) is 6.08 Å². The first kappa shape index (κ1) is 52.9. The average Bonchev–Trinajstić information content (AvgIpc) is 3.18. The van der Waals surface area contributed by atoms with Crippen molar-refractivity contribution in [3.05, 3.63) is 24.3 Å². The lowest BCUT2D eigenvalue weighted by molar-refractivity contribution is -0.123. The summed E-state index contributed by atoms with van der Waals surface area (Å²) in [6, 6.07) is -0.616. The molecule has 0 aliphatic carbocycles. The molecule has 0 spiro atoms. The predicted octanol–water partition coefficient (Wildman–Crippen LogP) is 15.6. The van der Waals surface area contributed by atoms with Crippen molar-refractivity contribution in [2.75, 3.05) is 6.61 Å². The van der Waals surface area contributed by atoms with Gasteiger partial charge in [0, 0.05) is 6.42 Å². The molecule has 2 atom stereocenters. The topological polar surface area (TPSA) is 69.6 Å². The second-order valence-corrected chi connectivity index (χ2v) is 16.9. The molecule has 0 aliphatic heterocycles. The third-order valence-corrected chi connectivity index (χ3v) is 11.4. The van der Waals surface area contributed by atoms with Gasteiger partial charge in [-0.1, -0.05) is 244 Å². The highest BCUT2D eigenvalue weighted by Crippen LogP contribution is 2.16. The predicted molar refractivity (Wildman–Crippen MR) is 239 cm³/mol. The molecular weight excluding hydrogens is 663 g/mol. The summed E-state index contributed by atoms with van der Waals surface area (Å²) in [4.78, 5) is 12.4. The molecule has 4 heteroatoms. The summed E-state index contributed by atoms with van der Waals surface area (Å²) in [5, 5.41) is 22.9. The largest absolute Gasteiger partial charge is 0.394 e. The van der Waals surface area contributed by atoms with E-state index >= 15 is 0 Å². The third kappa shape index (κ3) is 42.0. The Morgan fingerprint density at radius 2 is 0.704 bits per heavy atom. The van der Waals surface area contributed by atoms with Gasteiger partial charge in [0.2, 0.25) is 5.91 Å². The number of unbranched alkanes of at least 4 members (excludes halogenated alkanes) is 36. The van der Waals surface area contributed by atoms with Crippen LogP contribution in [0.4, 0.5) is 0 Å². The lowest BCUT2D eigenvalue weighted by atomic mass is 10.0. The van der Waals surface area contributed by atoms with Crippen LogP contribution in [0.25, 0.3) is 0 Å². The van der Waals surface area contributed by atoms with Gasteiger partial charge in [-0.2, -0.15) is 0 Å². The number of nitrogens with one attached hydrogen (secondary N) is 1. The molecule has 4 nitrogen and oxygen atoms in total. The Morgan fingerprint density at radius 3 is 1.02 bits per heavy atom. The standard InChI is InChI=1S/C50H97NO3/c1-3-5-7-9-11-13-14-15-16-17-18-19-20-21-22-23-24-25-26-27-28-29-30-31-32-33-34-35-36-38-40-42-44-46-50(54)51-48(47-52)49(53)45-43-41-39-37-12-10-8-6-4-2/h17-18,43,45,48-49,52-53H,3-16,19-42,44,46-47H2,1-2H3,(H,51,54)/b18-17-,45-43+. The molecule has 0 heterocycles. The summed E-state index contributed by atoms with van der Waals surface area (Å²) in [7, 11) is 0. The molecule has 0 radical (unpaired) electrons. The summed E-state index contributed by atoms with van der Waals surface area (Å²) in [6.45, 7) is 4.29. The maximum Gasteiger partial charge on any atom is 0.220 e. The Kier molecular flexibility index (Phi) is 45.3. The highest BCUT2D eigenvalue weighted by atomic mass is 16.3. The van der Waals surface area contributed by atoms with Gasteiger partial charge in [-0.25, -0.2) is 0 Å². The molecule has 0 saturated heterocycles. The number of carbonyl (C=O) groups excluding carboxylic acids is 1. The number of hydrogen-bond donors (Lipinski definition) is 3. The smallest absolute Gasteiger partial charge is 0.220 e. The van der Waals surface area contributed by atoms with Crippen LogP contribution in [0.3, 0.4) is 0 Å². The van der Waals surface area contributed by atoms with Gasteiger partial charge in [-0.3, -0.25) is 4.79 Å². The normalized spacial score (nSPS) is 13.0. The molecule has 54 heavy (non-hydrogen) atoms. The maximum atomic E-state index is 12.4. The van der Waals surface area contributed by atoms with E-state index < -0.39 is 12.1 Å². The van der Waals surface area contributed by atoms with Crippen LogP contribution in [0.5, 0.6) is 0 Å². The van der Waals surface area contributed by atoms with Crippen molar-refractivity contribution in [3.63, 3.8) is 0 Å². The molecule has 0 fully saturated rings. The third-order valence-electron chi connectivity index (χ3n) is 11.4. The van der Waals surface area contributed by atoms with Gasteiger partial charge in [-0.05, 0) is 44.9 Å². The second-order valence-electron chi connectivity index (χ2n) is 16.9. The number of aliphatic hydroxyl groups excluding tert-OH is 2. The Hall–Kier alpha value is -1.13. The maximum absolute atomic E-state index is 12.4. The molecule has 0 rings (SSSR count). The highest BCUT2D eigenvalue weighted by molar-refractivity contribution is 5.76. The van der Waals surface area contributed by atoms with Crippen molar-refractivity contribution >= 4 is 5.91 Å². The summed E-state index contributed by atoms with van der Waals surface area (Å²) >= 11 is 0. The fourth-order valence-corrected chi connectivity index (χ4v) is 7.65. The summed E-state index contributed by atoms with van der Waals surface area (Å²) in [5.41, 5.74) is 0. The van der Waals surface area contributed by atoms with Crippen molar-refractivity contribution in [1.82, 2.24) is 5.32 Å². The number of hydrogen-bond acceptors (Lipinski definition) is 3. The Bertz CT molecular complexity index is 780. The van der Waals surface area contributed by atoms with E-state index in [4.69, 9.17) is 0 Å². The average molecular weight is 760 g/mol. The van der Waals surface area contributed by atoms with Gasteiger partial charge in [0.25, 0.3) is 0 Å². The Labute approximate surface area is 339 Å². The fraction of sp³-hybridized carbons (Fsp3) is 0.900. The van der Waals surface area contributed by atoms with E-state index in [1.165, 1.54) is 225 Å². The quantitative estimate of drug-likeness (QED) is 0.0428. The first-order valence-electron chi connectivity index (χ1n) is 24.6. The van der Waals surface area contributed by atoms with Gasteiger partial charge in [-0.15, -0.1) is 0 Å². The molecule has 0 saturated carbocycles. The number of rotatable bonds is 45. The molecule has 0 bridgehead atoms. The molecule has 320 valence electrons. The van der Waals surface area contributed by atoms with Crippen molar-refractivity contribution < 1.29 is 15.0 Å². The number of amides is 1. The van der Waals surface area contributed by atoms with Crippen LogP contribution in [0.15, 0.2) is 24.3 Å². The van der Waals surface area contributed by atoms with Gasteiger partial charge < -0.3 is 15.5 Å². The van der Waals surface area contributed by atoms with Crippen LogP contribution in [-0.4, -0.2) is 34.9 Å². The highest BCUT2D eigenvalue weighted by Gasteiger charge is 2.18. The first-order valence-corrected chi connectivity index (χ1v) is 24.6. The van der Waals surface area contributed by atoms with Crippen molar-refractivity contribution in [2.24, 2.45) is 0 Å². The summed E-state index contributed by atoms with van der Waals surface area (Å²) < 4.78 is 0. The van der Waals surface area contributed by atoms with Crippen molar-refractivity contribution in [3.8, 4) is 0 Å². The molecular formula is C50H97NO3. The van der Waals surface area contributed by atoms with Crippen LogP contribution in [0.2, 0.25) is 0 Å². The monoisotopic (exact) mass is 760 g/mol. The van der Waals surface area contributed by atoms with Crippen LogP contribution < -0.4 is 5.32 Å². The molecule has 1 amide bonds. The summed E-state index contributed by atoms with van der Waals surface area (Å²) in [5.74, 6) is -0.0624. The molecule has 0 aromatic carbocycles. The zero-order chi connectivity index (χ0) is 39.3. The van der Waals surface area contributed by atoms with Gasteiger partial charge in [0.05, 0.1) is 18.8 Å². The lowest BCUT2D eigenvalue weighted by Crippen LogP contribution is -2.45. The van der Waals surface area contributed by atoms with E-state index in [0.717, 1.165) is 25.7 Å². The second kappa shape index (κ2) is 46.3. The van der Waals surface area contributed by atoms with Crippen LogP contribution in [0, 0.1) is 0 Å². The van der Waals surface area contributed by atoms with Crippen LogP contribution >= 0.6 is 0 Å². The van der Waals surface area contributed by atoms with E-state index in [9.17, 15) is 15.0 Å². The molecule has 3 N–H and O–H groups in total. The van der Waals surface area contributed by atoms with E-state index in [-0.39, 0.29) is 12.5 Å². The van der Waals surface area contributed by atoms with E-state index in [2.05, 4.69) is 31.3 Å². The minimum Gasteiger partial charge on any atom is -0.394 e. The zero-order valence-corrected chi connectivity index (χ0v) is 36.8. The zero-order valence-electron chi connectivity index (χ0n) is 36.8. The molecule has 0 aliphatic rings. The first-order chi connectivity index (χ1) is 26.7. The number of carbonyl (C=O) groups is 1. The molecule has 2 unspecified atom stereocenters. The van der Waals surface area contributed by atoms with Crippen molar-refractivity contribution in [2.45, 2.75) is 283 Å². The minimum absolute atomic E-state index is 0.0624. The summed E-state index contributed by atoms with van der Waals surface area (Å²) in [6.07, 6.45) is 60.5. The minimum atomic E-state index is -0.833. The number of aliphatic hydroxyl groups is 2. The van der Waals surface area contributed by atoms with Gasteiger partial charge in [0.15, 0.2) is 0 Å². The Morgan fingerprint density at radius 1 is 0.426 bits per heavy atom. The molecule has 0 aromatic heterocycles. The van der Waals surface area contributed by atoms with Gasteiger partial charge in [0.1, 0.15) is 0 Å². The van der Waals surface area contributed by atoms with Crippen LogP contribution in [0.1, 0.15) is 271 Å². The lowest BCUT2D eigenvalue weighted by Gasteiger charge is -2.20. The molecule has 0 aromatic rings.